The Labute approximate surface area is 156 Å². The van der Waals surface area contributed by atoms with Crippen LogP contribution in [0.15, 0.2) is 55.1 Å². The summed E-state index contributed by atoms with van der Waals surface area (Å²) in [5, 5.41) is 2.97. The molecule has 3 heterocycles. The molecule has 1 aliphatic rings. The van der Waals surface area contributed by atoms with Gasteiger partial charge in [-0.15, -0.1) is 0 Å². The van der Waals surface area contributed by atoms with Gasteiger partial charge in [0.2, 0.25) is 5.88 Å². The van der Waals surface area contributed by atoms with E-state index in [0.29, 0.717) is 18.9 Å². The van der Waals surface area contributed by atoms with Crippen LogP contribution in [0.4, 0.5) is 0 Å². The smallest absolute Gasteiger partial charge is 0.271 e. The van der Waals surface area contributed by atoms with Gasteiger partial charge >= 0.3 is 0 Å². The van der Waals surface area contributed by atoms with Crippen molar-refractivity contribution >= 4 is 5.91 Å². The summed E-state index contributed by atoms with van der Waals surface area (Å²) in [7, 11) is 1.50. The molecule has 0 saturated carbocycles. The minimum Gasteiger partial charge on any atom is -0.491 e. The quantitative estimate of drug-likeness (QED) is 0.766. The number of hydrogen-bond acceptors (Lipinski definition) is 6. The molecule has 1 aromatic carbocycles. The average Bonchev–Trinajstić information content (AvgIpc) is 2.74. The largest absolute Gasteiger partial charge is 0.491 e. The van der Waals surface area contributed by atoms with Crippen LogP contribution in [-0.2, 0) is 6.42 Å². The Morgan fingerprint density at radius 3 is 2.85 bits per heavy atom. The second-order valence-corrected chi connectivity index (χ2v) is 6.15. The van der Waals surface area contributed by atoms with E-state index in [2.05, 4.69) is 20.3 Å². The molecule has 0 unspecified atom stereocenters. The lowest BCUT2D eigenvalue weighted by molar-refractivity contribution is 0.0910. The molecule has 7 nitrogen and oxygen atoms in total. The van der Waals surface area contributed by atoms with Gasteiger partial charge in [-0.1, -0.05) is 18.2 Å². The highest BCUT2D eigenvalue weighted by Crippen LogP contribution is 2.34. The van der Waals surface area contributed by atoms with E-state index in [1.165, 1.54) is 19.5 Å². The van der Waals surface area contributed by atoms with Crippen molar-refractivity contribution in [2.24, 2.45) is 0 Å². The molecule has 27 heavy (non-hydrogen) atoms. The second-order valence-electron chi connectivity index (χ2n) is 6.15. The molecule has 1 amide bonds. The lowest BCUT2D eigenvalue weighted by Crippen LogP contribution is -2.43. The molecule has 7 heteroatoms. The van der Waals surface area contributed by atoms with Gasteiger partial charge in [-0.25, -0.2) is 9.97 Å². The summed E-state index contributed by atoms with van der Waals surface area (Å²) in [6, 6.07) is 9.71. The van der Waals surface area contributed by atoms with Crippen LogP contribution in [0.1, 0.15) is 16.1 Å². The fraction of sp³-hybridized carbons (Fsp3) is 0.200. The molecule has 4 rings (SSSR count). The van der Waals surface area contributed by atoms with E-state index in [4.69, 9.17) is 9.47 Å². The van der Waals surface area contributed by atoms with Crippen LogP contribution >= 0.6 is 0 Å². The zero-order valence-electron chi connectivity index (χ0n) is 14.8. The molecule has 2 aromatic heterocycles. The van der Waals surface area contributed by atoms with Crippen LogP contribution in [0, 0.1) is 0 Å². The number of amides is 1. The van der Waals surface area contributed by atoms with Crippen molar-refractivity contribution in [3.8, 4) is 22.8 Å². The van der Waals surface area contributed by atoms with Crippen LogP contribution in [-0.4, -0.2) is 40.6 Å². The molecule has 0 fully saturated rings. The lowest BCUT2D eigenvalue weighted by atomic mass is 9.93. The maximum Gasteiger partial charge on any atom is 0.271 e. The molecular weight excluding hydrogens is 344 g/mol. The summed E-state index contributed by atoms with van der Waals surface area (Å²) in [4.78, 5) is 24.7. The van der Waals surface area contributed by atoms with E-state index < -0.39 is 0 Å². The number of methoxy groups -OCH3 is 1. The van der Waals surface area contributed by atoms with Crippen molar-refractivity contribution in [1.82, 2.24) is 20.3 Å². The number of rotatable bonds is 4. The number of nitrogens with zero attached hydrogens (tertiary/aromatic N) is 3. The van der Waals surface area contributed by atoms with Crippen LogP contribution in [0.5, 0.6) is 11.6 Å². The van der Waals surface area contributed by atoms with Gasteiger partial charge in [0.05, 0.1) is 25.5 Å². The zero-order valence-corrected chi connectivity index (χ0v) is 14.8. The van der Waals surface area contributed by atoms with E-state index in [9.17, 15) is 4.79 Å². The van der Waals surface area contributed by atoms with Crippen LogP contribution in [0.2, 0.25) is 0 Å². The number of fused-ring (bicyclic) bond motifs is 1. The normalized spacial score (nSPS) is 15.4. The number of pyridine rings is 1. The summed E-state index contributed by atoms with van der Waals surface area (Å²) < 4.78 is 10.8. The Bertz CT molecular complexity index is 945. The standard InChI is InChI=1S/C20H18N4O3/c1-26-19-11-22-17(10-23-19)20(25)24-14-8-16-15(13-4-3-7-21-9-13)5-2-6-18(16)27-12-14/h2-7,9-11,14H,8,12H2,1H3,(H,24,25)/t14-/m0/s1. The van der Waals surface area contributed by atoms with Crippen molar-refractivity contribution in [3.63, 3.8) is 0 Å². The van der Waals surface area contributed by atoms with E-state index in [-0.39, 0.29) is 17.6 Å². The monoisotopic (exact) mass is 362 g/mol. The number of benzene rings is 1. The van der Waals surface area contributed by atoms with Gasteiger partial charge in [0, 0.05) is 29.9 Å². The highest BCUT2D eigenvalue weighted by molar-refractivity contribution is 5.92. The van der Waals surface area contributed by atoms with Gasteiger partial charge in [0.15, 0.2) is 0 Å². The molecule has 0 radical (unpaired) electrons. The summed E-state index contributed by atoms with van der Waals surface area (Å²) in [5.74, 6) is 0.912. The zero-order chi connectivity index (χ0) is 18.6. The Morgan fingerprint density at radius 1 is 1.19 bits per heavy atom. The van der Waals surface area contributed by atoms with Gasteiger partial charge in [0.1, 0.15) is 18.1 Å². The first-order chi connectivity index (χ1) is 13.2. The Kier molecular flexibility index (Phi) is 4.65. The van der Waals surface area contributed by atoms with Crippen molar-refractivity contribution in [2.75, 3.05) is 13.7 Å². The first-order valence-electron chi connectivity index (χ1n) is 8.56. The first-order valence-corrected chi connectivity index (χ1v) is 8.56. The summed E-state index contributed by atoms with van der Waals surface area (Å²) in [6.07, 6.45) is 7.05. The van der Waals surface area contributed by atoms with Gasteiger partial charge in [-0.05, 0) is 17.7 Å². The fourth-order valence-corrected chi connectivity index (χ4v) is 3.09. The SMILES string of the molecule is COc1cnc(C(=O)N[C@@H]2COc3cccc(-c4cccnc4)c3C2)cn1. The predicted molar refractivity (Wildman–Crippen MR) is 98.7 cm³/mol. The molecule has 1 atom stereocenters. The number of carbonyl (C=O) groups is 1. The minimum absolute atomic E-state index is 0.160. The van der Waals surface area contributed by atoms with Gasteiger partial charge in [0.25, 0.3) is 5.91 Å². The van der Waals surface area contributed by atoms with Crippen molar-refractivity contribution in [1.29, 1.82) is 0 Å². The van der Waals surface area contributed by atoms with Gasteiger partial charge in [-0.2, -0.15) is 0 Å². The molecular formula is C20H18N4O3. The topological polar surface area (TPSA) is 86.2 Å². The minimum atomic E-state index is -0.291. The summed E-state index contributed by atoms with van der Waals surface area (Å²) in [5.41, 5.74) is 3.37. The second kappa shape index (κ2) is 7.41. The molecule has 3 aromatic rings. The molecule has 1 aliphatic heterocycles. The van der Waals surface area contributed by atoms with Crippen LogP contribution in [0.25, 0.3) is 11.1 Å². The summed E-state index contributed by atoms with van der Waals surface area (Å²) in [6.45, 7) is 0.402. The average molecular weight is 362 g/mol. The Morgan fingerprint density at radius 2 is 2.11 bits per heavy atom. The van der Waals surface area contributed by atoms with E-state index >= 15 is 0 Å². The molecule has 0 spiro atoms. The van der Waals surface area contributed by atoms with Gasteiger partial charge in [-0.3, -0.25) is 9.78 Å². The molecule has 0 bridgehead atoms. The molecule has 0 saturated heterocycles. The Hall–Kier alpha value is -3.48. The van der Waals surface area contributed by atoms with Gasteiger partial charge < -0.3 is 14.8 Å². The van der Waals surface area contributed by atoms with Crippen LogP contribution in [0.3, 0.4) is 0 Å². The number of ether oxygens (including phenoxy) is 2. The third-order valence-electron chi connectivity index (χ3n) is 4.40. The maximum absolute atomic E-state index is 12.5. The number of carbonyl (C=O) groups excluding carboxylic acids is 1. The first kappa shape index (κ1) is 17.0. The highest BCUT2D eigenvalue weighted by atomic mass is 16.5. The van der Waals surface area contributed by atoms with E-state index in [1.807, 2.05) is 36.5 Å². The number of hydrogen-bond donors (Lipinski definition) is 1. The van der Waals surface area contributed by atoms with Crippen molar-refractivity contribution in [2.45, 2.75) is 12.5 Å². The third-order valence-corrected chi connectivity index (χ3v) is 4.40. The van der Waals surface area contributed by atoms with Crippen molar-refractivity contribution in [3.05, 3.63) is 66.4 Å². The summed E-state index contributed by atoms with van der Waals surface area (Å²) >= 11 is 0. The van der Waals surface area contributed by atoms with E-state index in [1.54, 1.807) is 6.20 Å². The highest BCUT2D eigenvalue weighted by Gasteiger charge is 2.25. The van der Waals surface area contributed by atoms with E-state index in [0.717, 1.165) is 22.4 Å². The molecule has 1 N–H and O–H groups in total. The number of nitrogens with one attached hydrogen (secondary N) is 1. The van der Waals surface area contributed by atoms with Crippen LogP contribution < -0.4 is 14.8 Å². The maximum atomic E-state index is 12.5. The fourth-order valence-electron chi connectivity index (χ4n) is 3.09. The molecule has 0 aliphatic carbocycles. The number of aromatic nitrogens is 3. The lowest BCUT2D eigenvalue weighted by Gasteiger charge is -2.27. The third kappa shape index (κ3) is 3.57. The Balaban J connectivity index is 1.53. The predicted octanol–water partition coefficient (Wildman–Crippen LogP) is 2.28. The van der Waals surface area contributed by atoms with Crippen molar-refractivity contribution < 1.29 is 14.3 Å². The molecule has 136 valence electrons.